The first-order valence-corrected chi connectivity index (χ1v) is 27.5. The topological polar surface area (TPSA) is 176 Å². The molecule has 6 aromatic carbocycles. The number of β-amino-alcohol motifs (C(OH)–C–C–N with tert-alkyl or cyclic N) is 2. The van der Waals surface area contributed by atoms with Gasteiger partial charge in [0.2, 0.25) is 0 Å². The number of para-hydroxylation sites is 3. The van der Waals surface area contributed by atoms with E-state index in [4.69, 9.17) is 34.2 Å². The predicted molar refractivity (Wildman–Crippen MR) is 310 cm³/mol. The van der Waals surface area contributed by atoms with Crippen LogP contribution in [0.15, 0.2) is 146 Å². The van der Waals surface area contributed by atoms with Gasteiger partial charge >= 0.3 is 0 Å². The van der Waals surface area contributed by atoms with Crippen molar-refractivity contribution >= 4 is 0 Å². The Morgan fingerprint density at radius 3 is 1.17 bits per heavy atom. The number of ether oxygens (including phenoxy) is 6. The molecule has 2 saturated heterocycles. The van der Waals surface area contributed by atoms with Crippen molar-refractivity contribution in [2.24, 2.45) is 5.73 Å². The number of hydrogen-bond acceptors (Lipinski definition) is 15. The molecule has 0 aromatic heterocycles. The number of aliphatic hydroxyl groups excluding tert-OH is 3. The van der Waals surface area contributed by atoms with Gasteiger partial charge in [0.15, 0.2) is 0 Å². The van der Waals surface area contributed by atoms with Crippen LogP contribution in [0.5, 0.6) is 34.5 Å². The number of hydrogen-bond donors (Lipinski definition) is 6. The third-order valence-electron chi connectivity index (χ3n) is 13.7. The maximum Gasteiger partial charge on any atom is 0.122 e. The van der Waals surface area contributed by atoms with Crippen LogP contribution in [0.3, 0.4) is 0 Å². The van der Waals surface area contributed by atoms with Gasteiger partial charge in [-0.3, -0.25) is 14.7 Å². The average molecular weight is 1070 g/mol. The van der Waals surface area contributed by atoms with Gasteiger partial charge in [0.1, 0.15) is 72.6 Å². The Morgan fingerprint density at radius 1 is 0.487 bits per heavy atom. The highest BCUT2D eigenvalue weighted by Gasteiger charge is 2.18. The second-order valence-electron chi connectivity index (χ2n) is 19.6. The molecule has 3 atom stereocenters. The molecule has 0 aliphatic carbocycles. The van der Waals surface area contributed by atoms with Crippen LogP contribution in [-0.4, -0.2) is 162 Å². The zero-order valence-electron chi connectivity index (χ0n) is 46.4. The summed E-state index contributed by atoms with van der Waals surface area (Å²) < 4.78 is 33.6. The molecule has 422 valence electrons. The molecule has 2 heterocycles. The highest BCUT2D eigenvalue weighted by molar-refractivity contribution is 5.38. The van der Waals surface area contributed by atoms with Gasteiger partial charge in [-0.2, -0.15) is 0 Å². The van der Waals surface area contributed by atoms with E-state index in [1.807, 2.05) is 103 Å². The van der Waals surface area contributed by atoms with Crippen LogP contribution in [-0.2, 0) is 38.5 Å². The molecule has 15 heteroatoms. The first kappa shape index (κ1) is 61.0. The lowest BCUT2D eigenvalue weighted by molar-refractivity contribution is 0.0704. The first-order chi connectivity index (χ1) is 38.1. The number of benzene rings is 6. The fourth-order valence-corrected chi connectivity index (χ4v) is 9.24. The van der Waals surface area contributed by atoms with Crippen LogP contribution in [0.1, 0.15) is 40.3 Å². The van der Waals surface area contributed by atoms with E-state index in [1.165, 1.54) is 16.7 Å². The van der Waals surface area contributed by atoms with Crippen molar-refractivity contribution in [3.05, 3.63) is 179 Å². The molecule has 2 fully saturated rings. The number of rotatable bonds is 29. The van der Waals surface area contributed by atoms with E-state index in [1.54, 1.807) is 21.3 Å². The van der Waals surface area contributed by atoms with Crippen LogP contribution >= 0.6 is 0 Å². The Kier molecular flexibility index (Phi) is 27.1. The zero-order chi connectivity index (χ0) is 55.2. The van der Waals surface area contributed by atoms with Gasteiger partial charge in [0.25, 0.3) is 0 Å². The predicted octanol–water partition coefficient (Wildman–Crippen LogP) is 6.62. The minimum absolute atomic E-state index is 0.257. The van der Waals surface area contributed by atoms with E-state index in [0.717, 1.165) is 136 Å². The molecule has 0 spiro atoms. The minimum Gasteiger partial charge on any atom is -0.497 e. The number of nitrogens with zero attached hydrogens (tertiary/aromatic N) is 3. The van der Waals surface area contributed by atoms with E-state index >= 15 is 0 Å². The lowest BCUT2D eigenvalue weighted by Crippen LogP contribution is -2.38. The maximum absolute atomic E-state index is 10.2. The van der Waals surface area contributed by atoms with E-state index in [0.29, 0.717) is 39.5 Å². The number of aryl methyl sites for hydroxylation is 6. The molecule has 2 aliphatic heterocycles. The number of aliphatic hydroxyl groups is 3. The summed E-state index contributed by atoms with van der Waals surface area (Å²) in [6, 6.07) is 48.5. The van der Waals surface area contributed by atoms with Crippen molar-refractivity contribution in [1.29, 1.82) is 0 Å². The summed E-state index contributed by atoms with van der Waals surface area (Å²) >= 11 is 0. The second kappa shape index (κ2) is 34.6. The van der Waals surface area contributed by atoms with Crippen molar-refractivity contribution < 1.29 is 43.7 Å². The molecule has 0 radical (unpaired) electrons. The molecule has 0 saturated carbocycles. The Balaban J connectivity index is 0.000000189. The number of nitrogens with one attached hydrogen (secondary N) is 2. The van der Waals surface area contributed by atoms with E-state index in [9.17, 15) is 15.3 Å². The van der Waals surface area contributed by atoms with Crippen molar-refractivity contribution in [2.75, 3.05) is 114 Å². The van der Waals surface area contributed by atoms with E-state index in [-0.39, 0.29) is 6.61 Å². The summed E-state index contributed by atoms with van der Waals surface area (Å²) in [5.74, 6) is 5.17. The fourth-order valence-electron chi connectivity index (χ4n) is 9.24. The van der Waals surface area contributed by atoms with Gasteiger partial charge in [-0.05, 0) is 133 Å². The summed E-state index contributed by atoms with van der Waals surface area (Å²) in [4.78, 5) is 6.37. The molecule has 2 aliphatic rings. The number of methoxy groups -OCH3 is 3. The number of likely N-dealkylation sites (N-methyl/N-ethyl adjacent to an activating group) is 1. The average Bonchev–Trinajstić information content (AvgIpc) is 4.22. The second-order valence-corrected chi connectivity index (χ2v) is 19.6. The molecule has 8 rings (SSSR count). The zero-order valence-corrected chi connectivity index (χ0v) is 46.4. The molecule has 15 nitrogen and oxygen atoms in total. The van der Waals surface area contributed by atoms with Gasteiger partial charge in [0.05, 0.1) is 21.3 Å². The van der Waals surface area contributed by atoms with Gasteiger partial charge in [-0.25, -0.2) is 0 Å². The molecule has 6 aromatic rings. The summed E-state index contributed by atoms with van der Waals surface area (Å²) in [5, 5.41) is 37.1. The third kappa shape index (κ3) is 21.9. The lowest BCUT2D eigenvalue weighted by atomic mass is 10.0. The Hall–Kier alpha value is -6.24. The maximum atomic E-state index is 10.2. The molecule has 1 unspecified atom stereocenters. The van der Waals surface area contributed by atoms with Crippen molar-refractivity contribution in [1.82, 2.24) is 25.3 Å². The highest BCUT2D eigenvalue weighted by Crippen LogP contribution is 2.25. The van der Waals surface area contributed by atoms with Crippen LogP contribution in [0.2, 0.25) is 0 Å². The number of nitrogens with two attached hydrogens (primary N) is 1. The third-order valence-corrected chi connectivity index (χ3v) is 13.7. The molecular formula is C63H86N6O9. The Morgan fingerprint density at radius 2 is 0.846 bits per heavy atom. The quantitative estimate of drug-likeness (QED) is 0.0276. The van der Waals surface area contributed by atoms with Gasteiger partial charge in [-0.15, -0.1) is 0 Å². The smallest absolute Gasteiger partial charge is 0.122 e. The van der Waals surface area contributed by atoms with E-state index < -0.39 is 18.3 Å². The Labute approximate surface area is 463 Å². The standard InChI is InChI=1S/2C21H28N2O3.C21H30N2O3/c2*1-25-20-7-4-5-17(13-20)9-10-18-6-2-3-8-21(18)26-15-19(24)14-23-12-11-22-16-23;1-3-23(16-22)14-19(24)15-26-21-10-5-4-8-18(21)12-11-17-7-6-9-20(13-17)25-2/h2*2-8,13,19,22,24H,9-12,14-16H2,1H3;4-10,13,19,24H,3,11-12,14-16,22H2,1-2H3/t2*19-;/m10./s1. The van der Waals surface area contributed by atoms with Gasteiger partial charge in [-0.1, -0.05) is 97.9 Å². The van der Waals surface area contributed by atoms with E-state index in [2.05, 4.69) is 75.0 Å². The van der Waals surface area contributed by atoms with Crippen molar-refractivity contribution in [3.63, 3.8) is 0 Å². The minimum atomic E-state index is -0.565. The summed E-state index contributed by atoms with van der Waals surface area (Å²) in [7, 11) is 5.05. The first-order valence-electron chi connectivity index (χ1n) is 27.5. The molecule has 0 amide bonds. The molecule has 0 bridgehead atoms. The van der Waals surface area contributed by atoms with Gasteiger partial charge in [0, 0.05) is 65.8 Å². The van der Waals surface area contributed by atoms with Gasteiger partial charge < -0.3 is 60.1 Å². The molecule has 78 heavy (non-hydrogen) atoms. The molecular weight excluding hydrogens is 985 g/mol. The monoisotopic (exact) mass is 1070 g/mol. The Bertz CT molecular complexity index is 2330. The summed E-state index contributed by atoms with van der Waals surface area (Å²) in [6.07, 6.45) is 3.83. The van der Waals surface area contributed by atoms with Crippen molar-refractivity contribution in [3.8, 4) is 34.5 Å². The molecule has 7 N–H and O–H groups in total. The largest absolute Gasteiger partial charge is 0.497 e. The lowest BCUT2D eigenvalue weighted by Gasteiger charge is -2.22. The van der Waals surface area contributed by atoms with Crippen molar-refractivity contribution in [2.45, 2.75) is 63.8 Å². The summed E-state index contributed by atoms with van der Waals surface area (Å²) in [6.45, 7) is 11.6. The van der Waals surface area contributed by atoms with Crippen LogP contribution < -0.4 is 44.8 Å². The van der Waals surface area contributed by atoms with Crippen LogP contribution in [0, 0.1) is 0 Å². The highest BCUT2D eigenvalue weighted by atomic mass is 16.5. The van der Waals surface area contributed by atoms with Crippen LogP contribution in [0.25, 0.3) is 0 Å². The van der Waals surface area contributed by atoms with Crippen LogP contribution in [0.4, 0.5) is 0 Å². The summed E-state index contributed by atoms with van der Waals surface area (Å²) in [5.41, 5.74) is 12.8. The normalized spacial score (nSPS) is 14.6. The SMILES string of the molecule is CCN(CN)CC(O)COc1ccccc1CCc1cccc(OC)c1.COc1cccc(CCc2ccccc2OC[C@@H](O)CN2CCNC2)c1.COc1cccc(CCc2ccccc2OC[C@H](O)CN2CCNC2)c1. The fraction of sp³-hybridized carbons (Fsp3) is 0.429.